The number of rotatable bonds is 0. The summed E-state index contributed by atoms with van der Waals surface area (Å²) in [6, 6.07) is 0. The summed E-state index contributed by atoms with van der Waals surface area (Å²) >= 11 is 0. The van der Waals surface area contributed by atoms with Gasteiger partial charge in [0.2, 0.25) is 0 Å². The Morgan fingerprint density at radius 1 is 1.25 bits per heavy atom. The maximum atomic E-state index is 11.6. The monoisotopic (exact) mass is 166 g/mol. The summed E-state index contributed by atoms with van der Waals surface area (Å²) in [6.07, 6.45) is 8.81. The molecule has 0 aromatic carbocycles. The molecule has 1 fully saturated rings. The van der Waals surface area contributed by atoms with E-state index in [2.05, 4.69) is 0 Å². The molecular formula is C10H14O2. The van der Waals surface area contributed by atoms with Gasteiger partial charge in [-0.05, 0) is 12.8 Å². The van der Waals surface area contributed by atoms with Crippen molar-refractivity contribution in [2.75, 3.05) is 6.61 Å². The van der Waals surface area contributed by atoms with Gasteiger partial charge in [-0.25, -0.2) is 0 Å². The zero-order valence-corrected chi connectivity index (χ0v) is 7.21. The Morgan fingerprint density at radius 3 is 2.67 bits per heavy atom. The van der Waals surface area contributed by atoms with Gasteiger partial charge in [-0.3, -0.25) is 4.79 Å². The normalized spacial score (nSPS) is 27.2. The molecule has 0 atom stereocenters. The topological polar surface area (TPSA) is 26.3 Å². The lowest BCUT2D eigenvalue weighted by Gasteiger charge is -2.35. The highest BCUT2D eigenvalue weighted by molar-refractivity contribution is 5.95. The van der Waals surface area contributed by atoms with Crippen LogP contribution < -0.4 is 0 Å². The van der Waals surface area contributed by atoms with Gasteiger partial charge in [0.1, 0.15) is 6.61 Å². The number of hydrogen-bond donors (Lipinski definition) is 0. The fourth-order valence-corrected chi connectivity index (χ4v) is 2.18. The molecule has 2 nitrogen and oxygen atoms in total. The molecule has 1 aliphatic carbocycles. The molecule has 0 saturated heterocycles. The molecule has 1 heterocycles. The summed E-state index contributed by atoms with van der Waals surface area (Å²) in [6.45, 7) is 0.613. The smallest absolute Gasteiger partial charge is 0.168 e. The zero-order chi connectivity index (χ0) is 8.44. The molecule has 1 aliphatic heterocycles. The molecule has 0 radical (unpaired) electrons. The van der Waals surface area contributed by atoms with Crippen molar-refractivity contribution in [2.45, 2.75) is 32.1 Å². The maximum absolute atomic E-state index is 11.6. The first-order valence-corrected chi connectivity index (χ1v) is 4.66. The first-order chi connectivity index (χ1) is 5.83. The number of ketones is 1. The van der Waals surface area contributed by atoms with E-state index in [0.717, 1.165) is 12.8 Å². The van der Waals surface area contributed by atoms with Gasteiger partial charge in [-0.1, -0.05) is 19.3 Å². The quantitative estimate of drug-likeness (QED) is 0.550. The van der Waals surface area contributed by atoms with Crippen molar-refractivity contribution in [1.29, 1.82) is 0 Å². The van der Waals surface area contributed by atoms with Crippen LogP contribution in [0.4, 0.5) is 0 Å². The van der Waals surface area contributed by atoms with Gasteiger partial charge in [-0.2, -0.15) is 0 Å². The van der Waals surface area contributed by atoms with Crippen LogP contribution in [0, 0.1) is 5.41 Å². The Bertz CT molecular complexity index is 212. The van der Waals surface area contributed by atoms with Crippen LogP contribution in [0.2, 0.25) is 0 Å². The van der Waals surface area contributed by atoms with Crippen LogP contribution in [-0.4, -0.2) is 12.4 Å². The molecule has 2 heteroatoms. The highest BCUT2D eigenvalue weighted by Gasteiger charge is 2.39. The van der Waals surface area contributed by atoms with Crippen molar-refractivity contribution in [1.82, 2.24) is 0 Å². The van der Waals surface area contributed by atoms with E-state index in [1.165, 1.54) is 25.5 Å². The Balaban J connectivity index is 2.17. The fourth-order valence-electron chi connectivity index (χ4n) is 2.18. The van der Waals surface area contributed by atoms with Gasteiger partial charge < -0.3 is 4.74 Å². The van der Waals surface area contributed by atoms with Crippen LogP contribution in [0.5, 0.6) is 0 Å². The van der Waals surface area contributed by atoms with Crippen LogP contribution >= 0.6 is 0 Å². The summed E-state index contributed by atoms with van der Waals surface area (Å²) in [5.41, 5.74) is -0.132. The molecule has 0 N–H and O–H groups in total. The van der Waals surface area contributed by atoms with E-state index in [-0.39, 0.29) is 11.2 Å². The maximum Gasteiger partial charge on any atom is 0.168 e. The lowest BCUT2D eigenvalue weighted by Crippen LogP contribution is -2.38. The second kappa shape index (κ2) is 2.92. The number of ether oxygens (including phenoxy) is 1. The molecule has 12 heavy (non-hydrogen) atoms. The number of allylic oxidation sites excluding steroid dienone is 1. The van der Waals surface area contributed by atoms with E-state index in [1.807, 2.05) is 0 Å². The Labute approximate surface area is 72.6 Å². The van der Waals surface area contributed by atoms with Gasteiger partial charge in [0, 0.05) is 6.08 Å². The predicted molar refractivity (Wildman–Crippen MR) is 45.6 cm³/mol. The van der Waals surface area contributed by atoms with Crippen molar-refractivity contribution in [3.8, 4) is 0 Å². The zero-order valence-electron chi connectivity index (χ0n) is 7.21. The summed E-state index contributed by atoms with van der Waals surface area (Å²) in [4.78, 5) is 11.6. The van der Waals surface area contributed by atoms with Crippen molar-refractivity contribution in [3.05, 3.63) is 12.3 Å². The Kier molecular flexibility index (Phi) is 1.91. The lowest BCUT2D eigenvalue weighted by atomic mass is 9.71. The van der Waals surface area contributed by atoms with E-state index in [4.69, 9.17) is 4.74 Å². The fraction of sp³-hybridized carbons (Fsp3) is 0.700. The first kappa shape index (κ1) is 7.84. The molecule has 0 bridgehead atoms. The average molecular weight is 166 g/mol. The summed E-state index contributed by atoms with van der Waals surface area (Å²) < 4.78 is 5.23. The minimum atomic E-state index is -0.132. The minimum Gasteiger partial charge on any atom is -0.500 e. The Hall–Kier alpha value is -0.790. The highest BCUT2D eigenvalue weighted by atomic mass is 16.5. The SMILES string of the molecule is O=C1C=COCC12CCCCC2. The number of carbonyl (C=O) groups is 1. The molecule has 1 spiro atoms. The summed E-state index contributed by atoms with van der Waals surface area (Å²) in [5.74, 6) is 0.286. The molecule has 1 saturated carbocycles. The standard InChI is InChI=1S/C10H14O2/c11-9-4-7-12-8-10(9)5-2-1-3-6-10/h4,7H,1-3,5-6,8H2. The molecule has 0 unspecified atom stereocenters. The second-order valence-corrected chi connectivity index (χ2v) is 3.82. The van der Waals surface area contributed by atoms with E-state index in [0.29, 0.717) is 6.61 Å². The molecule has 0 aromatic rings. The molecule has 2 rings (SSSR count). The molecule has 66 valence electrons. The Morgan fingerprint density at radius 2 is 2.00 bits per heavy atom. The molecule has 0 aromatic heterocycles. The van der Waals surface area contributed by atoms with Crippen LogP contribution in [0.25, 0.3) is 0 Å². The van der Waals surface area contributed by atoms with Crippen molar-refractivity contribution < 1.29 is 9.53 Å². The van der Waals surface area contributed by atoms with Crippen LogP contribution in [0.1, 0.15) is 32.1 Å². The van der Waals surface area contributed by atoms with Crippen molar-refractivity contribution in [3.63, 3.8) is 0 Å². The number of hydrogen-bond acceptors (Lipinski definition) is 2. The van der Waals surface area contributed by atoms with Gasteiger partial charge in [-0.15, -0.1) is 0 Å². The van der Waals surface area contributed by atoms with Crippen LogP contribution in [0.3, 0.4) is 0 Å². The summed E-state index contributed by atoms with van der Waals surface area (Å²) in [5, 5.41) is 0. The summed E-state index contributed by atoms with van der Waals surface area (Å²) in [7, 11) is 0. The highest BCUT2D eigenvalue weighted by Crippen LogP contribution is 2.39. The largest absolute Gasteiger partial charge is 0.500 e. The van der Waals surface area contributed by atoms with Crippen molar-refractivity contribution >= 4 is 5.78 Å². The van der Waals surface area contributed by atoms with Gasteiger partial charge >= 0.3 is 0 Å². The third-order valence-electron chi connectivity index (χ3n) is 3.01. The third-order valence-corrected chi connectivity index (χ3v) is 3.01. The van der Waals surface area contributed by atoms with Gasteiger partial charge in [0.05, 0.1) is 11.7 Å². The molecule has 0 amide bonds. The minimum absolute atomic E-state index is 0.132. The predicted octanol–water partition coefficient (Wildman–Crippen LogP) is 2.05. The second-order valence-electron chi connectivity index (χ2n) is 3.82. The van der Waals surface area contributed by atoms with Crippen molar-refractivity contribution in [2.24, 2.45) is 5.41 Å². The lowest BCUT2D eigenvalue weighted by molar-refractivity contribution is -0.130. The van der Waals surface area contributed by atoms with Crippen LogP contribution in [0.15, 0.2) is 12.3 Å². The molecular weight excluding hydrogens is 152 g/mol. The van der Waals surface area contributed by atoms with E-state index >= 15 is 0 Å². The van der Waals surface area contributed by atoms with E-state index in [9.17, 15) is 4.79 Å². The number of carbonyl (C=O) groups excluding carboxylic acids is 1. The van der Waals surface area contributed by atoms with E-state index < -0.39 is 0 Å². The van der Waals surface area contributed by atoms with E-state index in [1.54, 1.807) is 6.08 Å². The molecule has 2 aliphatic rings. The first-order valence-electron chi connectivity index (χ1n) is 4.66. The van der Waals surface area contributed by atoms with Crippen LogP contribution in [-0.2, 0) is 9.53 Å². The third kappa shape index (κ3) is 1.15. The van der Waals surface area contributed by atoms with Gasteiger partial charge in [0.15, 0.2) is 5.78 Å². The van der Waals surface area contributed by atoms with Gasteiger partial charge in [0.25, 0.3) is 0 Å². The average Bonchev–Trinajstić information content (AvgIpc) is 2.12.